The quantitative estimate of drug-likeness (QED) is 0.799. The Bertz CT molecular complexity index is 491. The highest BCUT2D eigenvalue weighted by Gasteiger charge is 2.31. The van der Waals surface area contributed by atoms with Crippen molar-refractivity contribution < 1.29 is 4.79 Å². The second-order valence-electron chi connectivity index (χ2n) is 5.47. The molecule has 0 N–H and O–H groups in total. The number of hydrogen-bond acceptors (Lipinski definition) is 3. The lowest BCUT2D eigenvalue weighted by Crippen LogP contribution is -2.47. The number of Topliss-reactive ketones (excluding diaryl/α,β-unsaturated/α-hetero) is 1. The van der Waals surface area contributed by atoms with Crippen LogP contribution in [-0.4, -0.2) is 42.9 Å². The van der Waals surface area contributed by atoms with E-state index in [-0.39, 0.29) is 5.78 Å². The highest BCUT2D eigenvalue weighted by molar-refractivity contribution is 9.10. The summed E-state index contributed by atoms with van der Waals surface area (Å²) in [4.78, 5) is 16.4. The van der Waals surface area contributed by atoms with Crippen molar-refractivity contribution in [1.82, 2.24) is 4.90 Å². The third kappa shape index (κ3) is 2.84. The van der Waals surface area contributed by atoms with E-state index in [4.69, 9.17) is 0 Å². The van der Waals surface area contributed by atoms with Crippen molar-refractivity contribution in [2.75, 3.05) is 31.1 Å². The van der Waals surface area contributed by atoms with Crippen molar-refractivity contribution in [3.05, 3.63) is 28.2 Å². The first-order valence-corrected chi connectivity index (χ1v) is 7.74. The Kier molecular flexibility index (Phi) is 3.63. The summed E-state index contributed by atoms with van der Waals surface area (Å²) in [6, 6.07) is 6.93. The largest absolute Gasteiger partial charge is 0.369 e. The highest BCUT2D eigenvalue weighted by Crippen LogP contribution is 2.29. The minimum atomic E-state index is 0.108. The van der Waals surface area contributed by atoms with Crippen molar-refractivity contribution >= 4 is 27.4 Å². The van der Waals surface area contributed by atoms with Crippen LogP contribution in [0.25, 0.3) is 0 Å². The van der Waals surface area contributed by atoms with E-state index in [9.17, 15) is 4.79 Å². The molecular weight excluding hydrogens is 304 g/mol. The number of anilines is 1. The van der Waals surface area contributed by atoms with Gasteiger partial charge in [0.25, 0.3) is 0 Å². The maximum atomic E-state index is 11.4. The summed E-state index contributed by atoms with van der Waals surface area (Å²) in [7, 11) is 0. The molecule has 0 unspecified atom stereocenters. The van der Waals surface area contributed by atoms with Crippen LogP contribution in [0.1, 0.15) is 30.1 Å². The fraction of sp³-hybridized carbons (Fsp3) is 0.533. The lowest BCUT2D eigenvalue weighted by molar-refractivity contribution is 0.101. The molecule has 0 amide bonds. The van der Waals surface area contributed by atoms with E-state index in [0.717, 1.165) is 42.3 Å². The van der Waals surface area contributed by atoms with Gasteiger partial charge in [0.05, 0.1) is 0 Å². The molecule has 0 spiro atoms. The third-order valence-electron chi connectivity index (χ3n) is 4.07. The zero-order valence-electron chi connectivity index (χ0n) is 11.2. The van der Waals surface area contributed by atoms with Crippen molar-refractivity contribution in [3.63, 3.8) is 0 Å². The van der Waals surface area contributed by atoms with E-state index in [1.165, 1.54) is 18.5 Å². The van der Waals surface area contributed by atoms with E-state index >= 15 is 0 Å². The Morgan fingerprint density at radius 3 is 2.42 bits per heavy atom. The van der Waals surface area contributed by atoms with Crippen molar-refractivity contribution in [2.45, 2.75) is 25.8 Å². The molecule has 1 saturated heterocycles. The standard InChI is InChI=1S/C15H19BrN2O/c1-11(19)14-5-4-13(10-15(14)16)18-8-6-17(7-9-18)12-2-3-12/h4-5,10,12H,2-3,6-9H2,1H3. The predicted octanol–water partition coefficient (Wildman–Crippen LogP) is 2.94. The monoisotopic (exact) mass is 322 g/mol. The molecule has 4 heteroatoms. The summed E-state index contributed by atoms with van der Waals surface area (Å²) in [5.74, 6) is 0.108. The average molecular weight is 323 g/mol. The van der Waals surface area contributed by atoms with Gasteiger partial charge in [0.1, 0.15) is 0 Å². The number of carbonyl (C=O) groups excluding carboxylic acids is 1. The summed E-state index contributed by atoms with van der Waals surface area (Å²) in [5, 5.41) is 0. The maximum absolute atomic E-state index is 11.4. The molecule has 102 valence electrons. The third-order valence-corrected chi connectivity index (χ3v) is 4.73. The molecule has 3 nitrogen and oxygen atoms in total. The summed E-state index contributed by atoms with van der Waals surface area (Å²) in [6.45, 7) is 6.10. The molecule has 1 aliphatic heterocycles. The molecule has 1 aliphatic carbocycles. The molecular formula is C15H19BrN2O. The molecule has 0 aromatic heterocycles. The number of halogens is 1. The molecule has 2 aliphatic rings. The maximum Gasteiger partial charge on any atom is 0.160 e. The lowest BCUT2D eigenvalue weighted by Gasteiger charge is -2.36. The lowest BCUT2D eigenvalue weighted by atomic mass is 10.1. The van der Waals surface area contributed by atoms with Crippen LogP contribution in [-0.2, 0) is 0 Å². The summed E-state index contributed by atoms with van der Waals surface area (Å²) < 4.78 is 0.905. The molecule has 3 rings (SSSR count). The van der Waals surface area contributed by atoms with Gasteiger partial charge in [0.15, 0.2) is 5.78 Å². The van der Waals surface area contributed by atoms with Gasteiger partial charge >= 0.3 is 0 Å². The first-order chi connectivity index (χ1) is 9.15. The van der Waals surface area contributed by atoms with Crippen LogP contribution in [0.5, 0.6) is 0 Å². The van der Waals surface area contributed by atoms with E-state index < -0.39 is 0 Å². The Morgan fingerprint density at radius 2 is 1.89 bits per heavy atom. The minimum absolute atomic E-state index is 0.108. The van der Waals surface area contributed by atoms with Gasteiger partial charge in [-0.05, 0) is 53.9 Å². The number of rotatable bonds is 3. The van der Waals surface area contributed by atoms with Gasteiger partial charge in [-0.3, -0.25) is 9.69 Å². The van der Waals surface area contributed by atoms with E-state index in [1.54, 1.807) is 6.92 Å². The normalized spacial score (nSPS) is 20.6. The van der Waals surface area contributed by atoms with E-state index in [1.807, 2.05) is 6.07 Å². The zero-order valence-corrected chi connectivity index (χ0v) is 12.8. The minimum Gasteiger partial charge on any atom is -0.369 e. The van der Waals surface area contributed by atoms with Gasteiger partial charge in [0, 0.05) is 47.9 Å². The Labute approximate surface area is 122 Å². The molecule has 0 bridgehead atoms. The van der Waals surface area contributed by atoms with E-state index in [0.29, 0.717) is 0 Å². The summed E-state index contributed by atoms with van der Waals surface area (Å²) in [6.07, 6.45) is 2.78. The number of piperazine rings is 1. The van der Waals surface area contributed by atoms with Gasteiger partial charge in [-0.2, -0.15) is 0 Å². The molecule has 1 aromatic carbocycles. The topological polar surface area (TPSA) is 23.6 Å². The Balaban J connectivity index is 1.69. The van der Waals surface area contributed by atoms with Gasteiger partial charge in [-0.25, -0.2) is 0 Å². The SMILES string of the molecule is CC(=O)c1ccc(N2CCN(C3CC3)CC2)cc1Br. The Hall–Kier alpha value is -0.870. The fourth-order valence-corrected chi connectivity index (χ4v) is 3.42. The molecule has 0 atom stereocenters. The molecule has 2 fully saturated rings. The first-order valence-electron chi connectivity index (χ1n) is 6.94. The van der Waals surface area contributed by atoms with Crippen LogP contribution in [0, 0.1) is 0 Å². The summed E-state index contributed by atoms with van der Waals surface area (Å²) in [5.41, 5.74) is 1.98. The van der Waals surface area contributed by atoms with Gasteiger partial charge in [0.2, 0.25) is 0 Å². The second-order valence-corrected chi connectivity index (χ2v) is 6.33. The molecule has 0 radical (unpaired) electrons. The first kappa shape index (κ1) is 13.1. The van der Waals surface area contributed by atoms with E-state index in [2.05, 4.69) is 37.9 Å². The zero-order chi connectivity index (χ0) is 13.4. The van der Waals surface area contributed by atoms with Crippen LogP contribution in [0.15, 0.2) is 22.7 Å². The molecule has 1 heterocycles. The number of ketones is 1. The van der Waals surface area contributed by atoms with Crippen molar-refractivity contribution in [3.8, 4) is 0 Å². The van der Waals surface area contributed by atoms with Crippen LogP contribution in [0.2, 0.25) is 0 Å². The Morgan fingerprint density at radius 1 is 1.21 bits per heavy atom. The fourth-order valence-electron chi connectivity index (χ4n) is 2.77. The molecule has 1 aromatic rings. The average Bonchev–Trinajstić information content (AvgIpc) is 3.22. The molecule has 19 heavy (non-hydrogen) atoms. The number of nitrogens with zero attached hydrogens (tertiary/aromatic N) is 2. The van der Waals surface area contributed by atoms with Crippen LogP contribution < -0.4 is 4.90 Å². The van der Waals surface area contributed by atoms with Crippen LogP contribution in [0.4, 0.5) is 5.69 Å². The van der Waals surface area contributed by atoms with Gasteiger partial charge in [-0.15, -0.1) is 0 Å². The number of hydrogen-bond donors (Lipinski definition) is 0. The van der Waals surface area contributed by atoms with Gasteiger partial charge in [-0.1, -0.05) is 0 Å². The second kappa shape index (κ2) is 5.25. The predicted molar refractivity (Wildman–Crippen MR) is 81.0 cm³/mol. The smallest absolute Gasteiger partial charge is 0.160 e. The van der Waals surface area contributed by atoms with Crippen molar-refractivity contribution in [1.29, 1.82) is 0 Å². The van der Waals surface area contributed by atoms with Gasteiger partial charge < -0.3 is 4.90 Å². The summed E-state index contributed by atoms with van der Waals surface area (Å²) >= 11 is 3.50. The highest BCUT2D eigenvalue weighted by atomic mass is 79.9. The van der Waals surface area contributed by atoms with Crippen LogP contribution in [0.3, 0.4) is 0 Å². The molecule has 1 saturated carbocycles. The number of benzene rings is 1. The van der Waals surface area contributed by atoms with Crippen molar-refractivity contribution in [2.24, 2.45) is 0 Å². The number of carbonyl (C=O) groups is 1. The van der Waals surface area contributed by atoms with Crippen LogP contribution >= 0.6 is 15.9 Å².